The zero-order valence-corrected chi connectivity index (χ0v) is 17.6. The normalized spacial score (nSPS) is 11.3. The number of nitrogens with zero attached hydrogens (tertiary/aromatic N) is 2. The fourth-order valence-electron chi connectivity index (χ4n) is 3.16. The first-order valence-electron chi connectivity index (χ1n) is 9.21. The Hall–Kier alpha value is -3.85. The van der Waals surface area contributed by atoms with Gasteiger partial charge < -0.3 is 19.7 Å². The number of para-hydroxylation sites is 1. The number of hydrogen-bond acceptors (Lipinski definition) is 8. The van der Waals surface area contributed by atoms with E-state index < -0.39 is 9.84 Å². The van der Waals surface area contributed by atoms with Crippen LogP contribution in [0.4, 0.5) is 5.69 Å². The quantitative estimate of drug-likeness (QED) is 0.452. The summed E-state index contributed by atoms with van der Waals surface area (Å²) in [7, 11) is -0.801. The van der Waals surface area contributed by atoms with E-state index in [1.54, 1.807) is 36.4 Å². The average Bonchev–Trinajstić information content (AvgIpc) is 3.28. The van der Waals surface area contributed by atoms with Crippen LogP contribution in [0.25, 0.3) is 22.8 Å². The lowest BCUT2D eigenvalue weighted by molar-refractivity contribution is 0.355. The van der Waals surface area contributed by atoms with E-state index in [4.69, 9.17) is 19.7 Å². The number of sulfone groups is 1. The molecule has 4 aromatic rings. The predicted octanol–water partition coefficient (Wildman–Crippen LogP) is 3.84. The third kappa shape index (κ3) is 3.71. The number of nitrogens with two attached hydrogens (primary N) is 1. The van der Waals surface area contributed by atoms with E-state index in [0.29, 0.717) is 28.3 Å². The van der Waals surface area contributed by atoms with Gasteiger partial charge in [-0.3, -0.25) is 0 Å². The van der Waals surface area contributed by atoms with Gasteiger partial charge in [0.05, 0.1) is 35.1 Å². The van der Waals surface area contributed by atoms with Crippen molar-refractivity contribution in [2.45, 2.75) is 9.79 Å². The molecule has 0 saturated heterocycles. The van der Waals surface area contributed by atoms with E-state index in [0.717, 1.165) is 0 Å². The van der Waals surface area contributed by atoms with Crippen LogP contribution in [0.15, 0.2) is 81.0 Å². The Morgan fingerprint density at radius 2 is 1.58 bits per heavy atom. The van der Waals surface area contributed by atoms with Crippen molar-refractivity contribution in [2.24, 2.45) is 0 Å². The fourth-order valence-corrected chi connectivity index (χ4v) is 4.61. The fraction of sp³-hybridized carbons (Fsp3) is 0.0909. The van der Waals surface area contributed by atoms with Gasteiger partial charge in [0.25, 0.3) is 5.89 Å². The minimum atomic E-state index is -3.84. The summed E-state index contributed by atoms with van der Waals surface area (Å²) in [6, 6.07) is 17.7. The minimum absolute atomic E-state index is 0.0487. The summed E-state index contributed by atoms with van der Waals surface area (Å²) in [5.41, 5.74) is 7.00. The molecule has 0 aliphatic rings. The second-order valence-corrected chi connectivity index (χ2v) is 8.45. The summed E-state index contributed by atoms with van der Waals surface area (Å²) in [4.78, 5) is 4.58. The first-order valence-corrected chi connectivity index (χ1v) is 10.7. The smallest absolute Gasteiger partial charge is 0.259 e. The van der Waals surface area contributed by atoms with Crippen LogP contribution < -0.4 is 15.2 Å². The molecule has 158 valence electrons. The number of ether oxygens (including phenoxy) is 2. The van der Waals surface area contributed by atoms with Gasteiger partial charge in [0.2, 0.25) is 15.7 Å². The Bertz CT molecular complexity index is 1330. The van der Waals surface area contributed by atoms with Crippen molar-refractivity contribution >= 4 is 15.5 Å². The Morgan fingerprint density at radius 3 is 2.29 bits per heavy atom. The molecule has 0 amide bonds. The van der Waals surface area contributed by atoms with E-state index in [2.05, 4.69) is 10.1 Å². The maximum absolute atomic E-state index is 13.2. The van der Waals surface area contributed by atoms with Crippen LogP contribution in [-0.2, 0) is 9.84 Å². The summed E-state index contributed by atoms with van der Waals surface area (Å²) in [5.74, 6) is 1.26. The average molecular weight is 437 g/mol. The number of nitrogen functional groups attached to an aromatic ring is 1. The van der Waals surface area contributed by atoms with E-state index in [1.807, 2.05) is 0 Å². The summed E-state index contributed by atoms with van der Waals surface area (Å²) in [6.07, 6.45) is 0. The van der Waals surface area contributed by atoms with Crippen molar-refractivity contribution in [1.29, 1.82) is 0 Å². The Kier molecular flexibility index (Phi) is 5.35. The van der Waals surface area contributed by atoms with Gasteiger partial charge in [0.1, 0.15) is 0 Å². The van der Waals surface area contributed by atoms with Crippen LogP contribution in [0.5, 0.6) is 11.5 Å². The first kappa shape index (κ1) is 20.4. The largest absolute Gasteiger partial charge is 0.493 e. The molecule has 1 heterocycles. The van der Waals surface area contributed by atoms with Gasteiger partial charge in [-0.15, -0.1) is 0 Å². The molecule has 0 radical (unpaired) electrons. The molecule has 0 unspecified atom stereocenters. The van der Waals surface area contributed by atoms with Crippen LogP contribution in [0.2, 0.25) is 0 Å². The highest BCUT2D eigenvalue weighted by Crippen LogP contribution is 2.38. The van der Waals surface area contributed by atoms with Crippen LogP contribution in [0, 0.1) is 0 Å². The van der Waals surface area contributed by atoms with Crippen molar-refractivity contribution in [3.63, 3.8) is 0 Å². The maximum atomic E-state index is 13.2. The van der Waals surface area contributed by atoms with Crippen molar-refractivity contribution in [2.75, 3.05) is 20.0 Å². The highest BCUT2D eigenvalue weighted by molar-refractivity contribution is 7.91. The molecule has 31 heavy (non-hydrogen) atoms. The number of benzene rings is 3. The maximum Gasteiger partial charge on any atom is 0.259 e. The van der Waals surface area contributed by atoms with Gasteiger partial charge in [-0.25, -0.2) is 8.42 Å². The summed E-state index contributed by atoms with van der Waals surface area (Å²) >= 11 is 0. The van der Waals surface area contributed by atoms with Crippen LogP contribution >= 0.6 is 0 Å². The van der Waals surface area contributed by atoms with Crippen molar-refractivity contribution < 1.29 is 22.4 Å². The lowest BCUT2D eigenvalue weighted by Crippen LogP contribution is -2.04. The second-order valence-electron chi connectivity index (χ2n) is 6.53. The molecule has 0 aliphatic carbocycles. The predicted molar refractivity (Wildman–Crippen MR) is 115 cm³/mol. The van der Waals surface area contributed by atoms with E-state index >= 15 is 0 Å². The highest BCUT2D eigenvalue weighted by atomic mass is 32.2. The zero-order valence-electron chi connectivity index (χ0n) is 16.8. The number of anilines is 1. The number of rotatable bonds is 6. The molecule has 4 rings (SSSR count). The van der Waals surface area contributed by atoms with Crippen molar-refractivity contribution in [3.05, 3.63) is 66.7 Å². The topological polar surface area (TPSA) is 118 Å². The van der Waals surface area contributed by atoms with E-state index in [9.17, 15) is 8.42 Å². The molecule has 0 fully saturated rings. The third-order valence-electron chi connectivity index (χ3n) is 4.67. The monoisotopic (exact) mass is 437 g/mol. The molecule has 0 spiro atoms. The molecule has 0 atom stereocenters. The molecular weight excluding hydrogens is 418 g/mol. The Labute approximate surface area is 179 Å². The molecular formula is C22H19N3O5S. The lowest BCUT2D eigenvalue weighted by atomic mass is 10.1. The van der Waals surface area contributed by atoms with Gasteiger partial charge in [0.15, 0.2) is 11.5 Å². The summed E-state index contributed by atoms with van der Waals surface area (Å²) in [6.45, 7) is 0. The molecule has 0 aliphatic heterocycles. The van der Waals surface area contributed by atoms with E-state index in [-0.39, 0.29) is 21.5 Å². The zero-order chi connectivity index (χ0) is 22.0. The first-order chi connectivity index (χ1) is 15.0. The Morgan fingerprint density at radius 1 is 0.871 bits per heavy atom. The van der Waals surface area contributed by atoms with Crippen LogP contribution in [0.1, 0.15) is 0 Å². The molecule has 9 heteroatoms. The van der Waals surface area contributed by atoms with Gasteiger partial charge in [-0.05, 0) is 48.5 Å². The standard InChI is InChI=1S/C22H19N3O5S/c1-28-18-8-5-7-17(20(18)29-2)21-24-22(30-25-21)16-6-3-4-9-19(16)31(26,27)15-12-10-14(23)11-13-15/h3-13H,23H2,1-2H3. The van der Waals surface area contributed by atoms with E-state index in [1.165, 1.54) is 44.6 Å². The SMILES string of the molecule is COc1cccc(-c2noc(-c3ccccc3S(=O)(=O)c3ccc(N)cc3)n2)c1OC. The van der Waals surface area contributed by atoms with Gasteiger partial charge >= 0.3 is 0 Å². The van der Waals surface area contributed by atoms with Crippen molar-refractivity contribution in [3.8, 4) is 34.3 Å². The molecule has 3 aromatic carbocycles. The molecule has 2 N–H and O–H groups in total. The Balaban J connectivity index is 1.81. The molecule has 0 saturated carbocycles. The lowest BCUT2D eigenvalue weighted by Gasteiger charge is -2.10. The molecule has 0 bridgehead atoms. The van der Waals surface area contributed by atoms with Crippen LogP contribution in [0.3, 0.4) is 0 Å². The molecule has 1 aromatic heterocycles. The van der Waals surface area contributed by atoms with Gasteiger partial charge in [0, 0.05) is 5.69 Å². The number of aromatic nitrogens is 2. The van der Waals surface area contributed by atoms with Crippen LogP contribution in [-0.4, -0.2) is 32.8 Å². The van der Waals surface area contributed by atoms with Crippen molar-refractivity contribution in [1.82, 2.24) is 10.1 Å². The second kappa shape index (κ2) is 8.11. The summed E-state index contributed by atoms with van der Waals surface area (Å²) < 4.78 is 42.6. The minimum Gasteiger partial charge on any atom is -0.493 e. The molecule has 8 nitrogen and oxygen atoms in total. The summed E-state index contributed by atoms with van der Waals surface area (Å²) in [5, 5.41) is 4.02. The number of hydrogen-bond donors (Lipinski definition) is 1. The third-order valence-corrected chi connectivity index (χ3v) is 6.50. The van der Waals surface area contributed by atoms with Gasteiger partial charge in [-0.2, -0.15) is 4.98 Å². The highest BCUT2D eigenvalue weighted by Gasteiger charge is 2.25. The van der Waals surface area contributed by atoms with Gasteiger partial charge in [-0.1, -0.05) is 23.4 Å². The number of methoxy groups -OCH3 is 2.